The summed E-state index contributed by atoms with van der Waals surface area (Å²) in [6, 6.07) is 14.6. The highest BCUT2D eigenvalue weighted by atomic mass is 32.1. The quantitative estimate of drug-likeness (QED) is 0.396. The highest BCUT2D eigenvalue weighted by Gasteiger charge is 2.18. The fraction of sp³-hybridized carbons (Fsp3) is 0.222. The van der Waals surface area contributed by atoms with Crippen molar-refractivity contribution in [1.29, 1.82) is 0 Å². The monoisotopic (exact) mass is 368 g/mol. The van der Waals surface area contributed by atoms with Gasteiger partial charge in [-0.15, -0.1) is 5.10 Å². The number of nitro benzene ring substituents is 1. The predicted octanol–water partition coefficient (Wildman–Crippen LogP) is 3.80. The lowest BCUT2D eigenvalue weighted by molar-refractivity contribution is -0.384. The molecule has 0 unspecified atom stereocenters. The molecule has 0 spiro atoms. The van der Waals surface area contributed by atoms with Gasteiger partial charge in [0, 0.05) is 30.8 Å². The van der Waals surface area contributed by atoms with E-state index in [1.54, 1.807) is 16.8 Å². The Morgan fingerprint density at radius 3 is 2.81 bits per heavy atom. The van der Waals surface area contributed by atoms with Crippen LogP contribution in [-0.2, 0) is 19.6 Å². The molecule has 1 aromatic heterocycles. The zero-order chi connectivity index (χ0) is 18.1. The maximum Gasteiger partial charge on any atom is 0.288 e. The number of hydrogen-bond acceptors (Lipinski definition) is 6. The lowest BCUT2D eigenvalue weighted by atomic mass is 10.0. The minimum atomic E-state index is -0.444. The number of nitro groups is 1. The standard InChI is InChI=1S/C18H16N4O3S/c23-22(24)16-7-3-6-14(10-16)17-19-21(18(26)25-17)12-20-9-8-13-4-1-2-5-15(13)11-20/h1-7,10H,8-9,11-12H2. The molecule has 0 radical (unpaired) electrons. The summed E-state index contributed by atoms with van der Waals surface area (Å²) >= 11 is 5.28. The SMILES string of the molecule is O=[N+]([O-])c1cccc(-c2nn(CN3CCc4ccccc4C3)c(=S)o2)c1. The third-order valence-corrected chi connectivity index (χ3v) is 4.75. The number of rotatable bonds is 4. The van der Waals surface area contributed by atoms with Crippen LogP contribution in [0, 0.1) is 15.0 Å². The van der Waals surface area contributed by atoms with Crippen molar-refractivity contribution in [2.24, 2.45) is 0 Å². The van der Waals surface area contributed by atoms with Gasteiger partial charge in [-0.2, -0.15) is 0 Å². The number of fused-ring (bicyclic) bond motifs is 1. The molecule has 2 aromatic carbocycles. The smallest absolute Gasteiger partial charge is 0.288 e. The molecule has 0 bridgehead atoms. The first-order valence-corrected chi connectivity index (χ1v) is 8.63. The third kappa shape index (κ3) is 3.29. The Morgan fingerprint density at radius 1 is 1.19 bits per heavy atom. The van der Waals surface area contributed by atoms with E-state index in [-0.39, 0.29) is 16.4 Å². The third-order valence-electron chi connectivity index (χ3n) is 4.45. The molecule has 0 aliphatic carbocycles. The lowest BCUT2D eigenvalue weighted by Crippen LogP contribution is -2.32. The number of benzene rings is 2. The molecule has 0 fully saturated rings. The van der Waals surface area contributed by atoms with Crippen LogP contribution in [0.25, 0.3) is 11.5 Å². The summed E-state index contributed by atoms with van der Waals surface area (Å²) in [5.41, 5.74) is 3.22. The highest BCUT2D eigenvalue weighted by molar-refractivity contribution is 7.71. The van der Waals surface area contributed by atoms with Gasteiger partial charge in [0.05, 0.1) is 11.6 Å². The van der Waals surface area contributed by atoms with Crippen LogP contribution >= 0.6 is 12.2 Å². The lowest BCUT2D eigenvalue weighted by Gasteiger charge is -2.28. The van der Waals surface area contributed by atoms with Crippen LogP contribution < -0.4 is 0 Å². The number of non-ortho nitro benzene ring substituents is 1. The van der Waals surface area contributed by atoms with Crippen LogP contribution in [0.3, 0.4) is 0 Å². The van der Waals surface area contributed by atoms with E-state index in [4.69, 9.17) is 16.6 Å². The molecule has 3 aromatic rings. The average Bonchev–Trinajstić information content (AvgIpc) is 3.02. The van der Waals surface area contributed by atoms with Crippen molar-refractivity contribution in [1.82, 2.24) is 14.7 Å². The molecule has 0 N–H and O–H groups in total. The summed E-state index contributed by atoms with van der Waals surface area (Å²) in [5, 5.41) is 15.4. The first kappa shape index (κ1) is 16.6. The fourth-order valence-electron chi connectivity index (χ4n) is 3.13. The summed E-state index contributed by atoms with van der Waals surface area (Å²) in [6.45, 7) is 2.26. The van der Waals surface area contributed by atoms with Crippen molar-refractivity contribution in [2.45, 2.75) is 19.6 Å². The summed E-state index contributed by atoms with van der Waals surface area (Å²) in [7, 11) is 0. The van der Waals surface area contributed by atoms with E-state index in [1.165, 1.54) is 23.3 Å². The second-order valence-electron chi connectivity index (χ2n) is 6.19. The largest absolute Gasteiger partial charge is 0.409 e. The van der Waals surface area contributed by atoms with Gasteiger partial charge in [-0.25, -0.2) is 4.68 Å². The maximum atomic E-state index is 10.9. The molecule has 8 heteroatoms. The molecule has 26 heavy (non-hydrogen) atoms. The molecule has 7 nitrogen and oxygen atoms in total. The molecule has 4 rings (SSSR count). The van der Waals surface area contributed by atoms with E-state index in [0.29, 0.717) is 12.2 Å². The summed E-state index contributed by atoms with van der Waals surface area (Å²) in [4.78, 5) is 13.0. The van der Waals surface area contributed by atoms with Gasteiger partial charge in [-0.3, -0.25) is 15.0 Å². The average molecular weight is 368 g/mol. The van der Waals surface area contributed by atoms with Gasteiger partial charge in [0.2, 0.25) is 5.89 Å². The molecular formula is C18H16N4O3S. The van der Waals surface area contributed by atoms with Crippen LogP contribution in [0.1, 0.15) is 11.1 Å². The van der Waals surface area contributed by atoms with Crippen molar-refractivity contribution >= 4 is 17.9 Å². The van der Waals surface area contributed by atoms with Crippen LogP contribution in [0.4, 0.5) is 5.69 Å². The van der Waals surface area contributed by atoms with Gasteiger partial charge in [0.25, 0.3) is 10.5 Å². The summed E-state index contributed by atoms with van der Waals surface area (Å²) in [5.74, 6) is 0.288. The van der Waals surface area contributed by atoms with Crippen LogP contribution in [0.5, 0.6) is 0 Å². The fourth-order valence-corrected chi connectivity index (χ4v) is 3.31. The molecule has 1 aliphatic heterocycles. The Hall–Kier alpha value is -2.84. The first-order chi connectivity index (χ1) is 12.6. The van der Waals surface area contributed by atoms with Crippen molar-refractivity contribution in [2.75, 3.05) is 6.54 Å². The van der Waals surface area contributed by atoms with Crippen LogP contribution in [-0.4, -0.2) is 26.1 Å². The molecular weight excluding hydrogens is 352 g/mol. The Morgan fingerprint density at radius 2 is 2.00 bits per heavy atom. The van der Waals surface area contributed by atoms with E-state index in [0.717, 1.165) is 19.5 Å². The normalized spacial score (nSPS) is 14.2. The Kier molecular flexibility index (Phi) is 4.36. The van der Waals surface area contributed by atoms with E-state index in [2.05, 4.69) is 28.2 Å². The zero-order valence-corrected chi connectivity index (χ0v) is 14.7. The van der Waals surface area contributed by atoms with Gasteiger partial charge in [-0.1, -0.05) is 30.3 Å². The molecule has 0 saturated heterocycles. The molecule has 0 saturated carbocycles. The Bertz CT molecular complexity index is 1030. The molecule has 132 valence electrons. The first-order valence-electron chi connectivity index (χ1n) is 8.22. The highest BCUT2D eigenvalue weighted by Crippen LogP contribution is 2.24. The maximum absolute atomic E-state index is 10.9. The van der Waals surface area contributed by atoms with Gasteiger partial charge < -0.3 is 4.42 Å². The van der Waals surface area contributed by atoms with Crippen molar-refractivity contribution in [3.63, 3.8) is 0 Å². The van der Waals surface area contributed by atoms with E-state index in [1.807, 2.05) is 6.07 Å². The van der Waals surface area contributed by atoms with Crippen molar-refractivity contribution in [3.05, 3.63) is 74.6 Å². The van der Waals surface area contributed by atoms with Gasteiger partial charge in [0.15, 0.2) is 0 Å². The number of aromatic nitrogens is 2. The molecule has 1 aliphatic rings. The summed E-state index contributed by atoms with van der Waals surface area (Å²) in [6.07, 6.45) is 0.985. The van der Waals surface area contributed by atoms with Crippen molar-refractivity contribution < 1.29 is 9.34 Å². The Balaban J connectivity index is 1.55. The minimum absolute atomic E-state index is 0.00851. The number of hydrogen-bond donors (Lipinski definition) is 0. The summed E-state index contributed by atoms with van der Waals surface area (Å²) < 4.78 is 7.19. The zero-order valence-electron chi connectivity index (χ0n) is 13.9. The molecule has 0 amide bonds. The van der Waals surface area contributed by atoms with Crippen LogP contribution in [0.2, 0.25) is 0 Å². The molecule has 2 heterocycles. The Labute approximate surface area is 154 Å². The van der Waals surface area contributed by atoms with Gasteiger partial charge in [-0.05, 0) is 35.8 Å². The predicted molar refractivity (Wildman–Crippen MR) is 98.0 cm³/mol. The van der Waals surface area contributed by atoms with Gasteiger partial charge >= 0.3 is 0 Å². The minimum Gasteiger partial charge on any atom is -0.409 e. The van der Waals surface area contributed by atoms with Gasteiger partial charge in [0.1, 0.15) is 0 Å². The van der Waals surface area contributed by atoms with E-state index >= 15 is 0 Å². The second kappa shape index (κ2) is 6.81. The van der Waals surface area contributed by atoms with E-state index < -0.39 is 4.92 Å². The van der Waals surface area contributed by atoms with Crippen LogP contribution in [0.15, 0.2) is 52.9 Å². The van der Waals surface area contributed by atoms with E-state index in [9.17, 15) is 10.1 Å². The van der Waals surface area contributed by atoms with Crippen molar-refractivity contribution in [3.8, 4) is 11.5 Å². The number of nitrogens with zero attached hydrogens (tertiary/aromatic N) is 4. The topological polar surface area (TPSA) is 77.3 Å². The second-order valence-corrected chi connectivity index (χ2v) is 6.54. The molecule has 0 atom stereocenters.